The largest absolute Gasteiger partial charge is 0.338 e. The van der Waals surface area contributed by atoms with E-state index in [4.69, 9.17) is 0 Å². The number of halogens is 1. The van der Waals surface area contributed by atoms with Crippen LogP contribution in [0.1, 0.15) is 44.0 Å². The van der Waals surface area contributed by atoms with Crippen molar-refractivity contribution < 1.29 is 9.59 Å². The third-order valence-corrected chi connectivity index (χ3v) is 4.28. The van der Waals surface area contributed by atoms with Gasteiger partial charge in [0.25, 0.3) is 5.91 Å². The lowest BCUT2D eigenvalue weighted by atomic mass is 9.95. The number of carbonyl (C=O) groups is 2. The van der Waals surface area contributed by atoms with Crippen LogP contribution in [0.2, 0.25) is 0 Å². The van der Waals surface area contributed by atoms with Crippen molar-refractivity contribution in [3.63, 3.8) is 0 Å². The molecule has 0 aliphatic carbocycles. The molecule has 134 valence electrons. The molecular formula is C18H28ClN3O2. The lowest BCUT2D eigenvalue weighted by Crippen LogP contribution is -2.44. The SMILES string of the molecule is CNC1CCN(C(=O)c2ccccc2NC(=O)C(C)(C)C)CC1.Cl. The molecule has 1 aliphatic rings. The molecule has 1 fully saturated rings. The minimum Gasteiger partial charge on any atom is -0.338 e. The van der Waals surface area contributed by atoms with E-state index in [1.807, 2.05) is 44.9 Å². The fraction of sp³-hybridized carbons (Fsp3) is 0.556. The first kappa shape index (κ1) is 20.5. The number of nitrogens with one attached hydrogen (secondary N) is 2. The fourth-order valence-corrected chi connectivity index (χ4v) is 2.63. The minimum atomic E-state index is -0.499. The van der Waals surface area contributed by atoms with Crippen molar-refractivity contribution in [2.45, 2.75) is 39.7 Å². The van der Waals surface area contributed by atoms with Crippen LogP contribution in [0.5, 0.6) is 0 Å². The van der Waals surface area contributed by atoms with E-state index in [-0.39, 0.29) is 24.2 Å². The smallest absolute Gasteiger partial charge is 0.255 e. The number of amides is 2. The maximum absolute atomic E-state index is 12.8. The predicted octanol–water partition coefficient (Wildman–Crippen LogP) is 2.92. The molecule has 0 unspecified atom stereocenters. The third-order valence-electron chi connectivity index (χ3n) is 4.28. The molecule has 6 heteroatoms. The summed E-state index contributed by atoms with van der Waals surface area (Å²) in [4.78, 5) is 26.9. The summed E-state index contributed by atoms with van der Waals surface area (Å²) in [6, 6.07) is 7.72. The first-order valence-corrected chi connectivity index (χ1v) is 8.20. The second-order valence-corrected chi connectivity index (χ2v) is 7.10. The number of hydrogen-bond donors (Lipinski definition) is 2. The number of hydrogen-bond acceptors (Lipinski definition) is 3. The van der Waals surface area contributed by atoms with Gasteiger partial charge in [-0.3, -0.25) is 9.59 Å². The highest BCUT2D eigenvalue weighted by Gasteiger charge is 2.26. The van der Waals surface area contributed by atoms with Crippen LogP contribution in [-0.2, 0) is 4.79 Å². The molecule has 5 nitrogen and oxygen atoms in total. The van der Waals surface area contributed by atoms with E-state index in [0.29, 0.717) is 17.3 Å². The quantitative estimate of drug-likeness (QED) is 0.878. The van der Waals surface area contributed by atoms with Crippen molar-refractivity contribution in [2.24, 2.45) is 5.41 Å². The van der Waals surface area contributed by atoms with Crippen LogP contribution in [0.25, 0.3) is 0 Å². The lowest BCUT2D eigenvalue weighted by Gasteiger charge is -2.32. The van der Waals surface area contributed by atoms with Crippen LogP contribution in [-0.4, -0.2) is 42.9 Å². The fourth-order valence-electron chi connectivity index (χ4n) is 2.63. The molecule has 1 aliphatic heterocycles. The molecule has 1 aromatic rings. The van der Waals surface area contributed by atoms with Crippen LogP contribution in [0, 0.1) is 5.41 Å². The molecule has 1 aromatic carbocycles. The Morgan fingerprint density at radius 2 is 1.71 bits per heavy atom. The molecule has 1 saturated heterocycles. The van der Waals surface area contributed by atoms with Gasteiger partial charge in [-0.1, -0.05) is 32.9 Å². The van der Waals surface area contributed by atoms with Crippen molar-refractivity contribution >= 4 is 29.9 Å². The Morgan fingerprint density at radius 3 is 2.25 bits per heavy atom. The van der Waals surface area contributed by atoms with E-state index in [1.54, 1.807) is 12.1 Å². The topological polar surface area (TPSA) is 61.4 Å². The van der Waals surface area contributed by atoms with E-state index in [9.17, 15) is 9.59 Å². The molecule has 2 rings (SSSR count). The second kappa shape index (κ2) is 8.49. The van der Waals surface area contributed by atoms with Crippen LogP contribution in [0.4, 0.5) is 5.69 Å². The van der Waals surface area contributed by atoms with E-state index >= 15 is 0 Å². The van der Waals surface area contributed by atoms with E-state index in [1.165, 1.54) is 0 Å². The van der Waals surface area contributed by atoms with Gasteiger partial charge in [-0.2, -0.15) is 0 Å². The summed E-state index contributed by atoms with van der Waals surface area (Å²) in [6.45, 7) is 7.05. The number of piperidine rings is 1. The third kappa shape index (κ3) is 4.95. The van der Waals surface area contributed by atoms with Crippen LogP contribution in [0.15, 0.2) is 24.3 Å². The number of nitrogens with zero attached hydrogens (tertiary/aromatic N) is 1. The summed E-state index contributed by atoms with van der Waals surface area (Å²) in [7, 11) is 1.96. The number of benzene rings is 1. The molecule has 0 spiro atoms. The molecule has 0 saturated carbocycles. The van der Waals surface area contributed by atoms with Gasteiger partial charge >= 0.3 is 0 Å². The molecule has 0 aromatic heterocycles. The Kier molecular flexibility index (Phi) is 7.24. The van der Waals surface area contributed by atoms with Crippen LogP contribution >= 0.6 is 12.4 Å². The van der Waals surface area contributed by atoms with Gasteiger partial charge in [0.2, 0.25) is 5.91 Å². The van der Waals surface area contributed by atoms with Gasteiger partial charge in [0.05, 0.1) is 11.3 Å². The highest BCUT2D eigenvalue weighted by molar-refractivity contribution is 6.04. The normalized spacial score (nSPS) is 15.6. The summed E-state index contributed by atoms with van der Waals surface area (Å²) >= 11 is 0. The summed E-state index contributed by atoms with van der Waals surface area (Å²) in [5.41, 5.74) is 0.655. The highest BCUT2D eigenvalue weighted by Crippen LogP contribution is 2.23. The maximum atomic E-state index is 12.8. The van der Waals surface area contributed by atoms with Crippen molar-refractivity contribution in [1.29, 1.82) is 0 Å². The standard InChI is InChI=1S/C18H27N3O2.ClH/c1-18(2,3)17(23)20-15-8-6-5-7-14(15)16(22)21-11-9-13(19-4)10-12-21;/h5-8,13,19H,9-12H2,1-4H3,(H,20,23);1H. The van der Waals surface area contributed by atoms with E-state index in [2.05, 4.69) is 10.6 Å². The first-order valence-electron chi connectivity index (χ1n) is 8.20. The van der Waals surface area contributed by atoms with Gasteiger partial charge in [-0.05, 0) is 32.0 Å². The van der Waals surface area contributed by atoms with Gasteiger partial charge in [0, 0.05) is 24.5 Å². The summed E-state index contributed by atoms with van der Waals surface area (Å²) < 4.78 is 0. The van der Waals surface area contributed by atoms with Crippen molar-refractivity contribution in [3.05, 3.63) is 29.8 Å². The van der Waals surface area contributed by atoms with Crippen molar-refractivity contribution in [1.82, 2.24) is 10.2 Å². The van der Waals surface area contributed by atoms with E-state index in [0.717, 1.165) is 25.9 Å². The molecule has 2 N–H and O–H groups in total. The van der Waals surface area contributed by atoms with E-state index < -0.39 is 5.41 Å². The zero-order chi connectivity index (χ0) is 17.0. The minimum absolute atomic E-state index is 0. The maximum Gasteiger partial charge on any atom is 0.255 e. The Morgan fingerprint density at radius 1 is 1.12 bits per heavy atom. The van der Waals surface area contributed by atoms with Gasteiger partial charge < -0.3 is 15.5 Å². The molecule has 0 atom stereocenters. The number of anilines is 1. The Balaban J connectivity index is 0.00000288. The summed E-state index contributed by atoms with van der Waals surface area (Å²) in [6.07, 6.45) is 1.91. The van der Waals surface area contributed by atoms with Gasteiger partial charge in [0.15, 0.2) is 0 Å². The second-order valence-electron chi connectivity index (χ2n) is 7.10. The van der Waals surface area contributed by atoms with Crippen molar-refractivity contribution in [3.8, 4) is 0 Å². The Hall–Kier alpha value is -1.59. The van der Waals surface area contributed by atoms with Crippen molar-refractivity contribution in [2.75, 3.05) is 25.5 Å². The molecule has 0 bridgehead atoms. The summed E-state index contributed by atoms with van der Waals surface area (Å²) in [5, 5.41) is 6.15. The zero-order valence-electron chi connectivity index (χ0n) is 14.9. The van der Waals surface area contributed by atoms with Gasteiger partial charge in [-0.25, -0.2) is 0 Å². The van der Waals surface area contributed by atoms with Gasteiger partial charge in [-0.15, -0.1) is 12.4 Å². The molecule has 1 heterocycles. The molecule has 24 heavy (non-hydrogen) atoms. The average molecular weight is 354 g/mol. The highest BCUT2D eigenvalue weighted by atomic mass is 35.5. The monoisotopic (exact) mass is 353 g/mol. The number of rotatable bonds is 3. The molecular weight excluding hydrogens is 326 g/mol. The lowest BCUT2D eigenvalue weighted by molar-refractivity contribution is -0.123. The predicted molar refractivity (Wildman–Crippen MR) is 99.8 cm³/mol. The molecule has 2 amide bonds. The Bertz CT molecular complexity index is 576. The van der Waals surface area contributed by atoms with Crippen LogP contribution < -0.4 is 10.6 Å². The Labute approximate surface area is 150 Å². The first-order chi connectivity index (χ1) is 10.8. The van der Waals surface area contributed by atoms with Crippen LogP contribution in [0.3, 0.4) is 0 Å². The average Bonchev–Trinajstić information content (AvgIpc) is 2.54. The molecule has 0 radical (unpaired) electrons. The zero-order valence-corrected chi connectivity index (χ0v) is 15.7. The summed E-state index contributed by atoms with van der Waals surface area (Å²) in [5.74, 6) is -0.101. The number of likely N-dealkylation sites (tertiary alicyclic amines) is 1. The number of para-hydroxylation sites is 1. The number of carbonyl (C=O) groups excluding carboxylic acids is 2. The van der Waals surface area contributed by atoms with Gasteiger partial charge in [0.1, 0.15) is 0 Å².